The molecule has 4 aromatic heterocycles. The number of pyridine rings is 1. The summed E-state index contributed by atoms with van der Waals surface area (Å²) >= 11 is 0. The number of anilines is 1. The summed E-state index contributed by atoms with van der Waals surface area (Å²) in [6.07, 6.45) is 9.85. The van der Waals surface area contributed by atoms with Crippen molar-refractivity contribution in [2.24, 2.45) is 0 Å². The number of nitrogens with zero attached hydrogens (tertiary/aromatic N) is 6. The van der Waals surface area contributed by atoms with Crippen molar-refractivity contribution in [2.45, 2.75) is 32.7 Å². The molecule has 28 heavy (non-hydrogen) atoms. The molecule has 0 fully saturated rings. The van der Waals surface area contributed by atoms with Crippen molar-refractivity contribution in [3.05, 3.63) is 70.2 Å². The Morgan fingerprint density at radius 3 is 2.57 bits per heavy atom. The van der Waals surface area contributed by atoms with E-state index in [1.165, 1.54) is 10.1 Å². The molecular formula is C19H20N8O. The zero-order valence-electron chi connectivity index (χ0n) is 15.5. The van der Waals surface area contributed by atoms with Crippen molar-refractivity contribution in [3.63, 3.8) is 0 Å². The van der Waals surface area contributed by atoms with Gasteiger partial charge in [-0.2, -0.15) is 0 Å². The minimum atomic E-state index is -0.301. The van der Waals surface area contributed by atoms with Crippen LogP contribution < -0.4 is 11.4 Å². The van der Waals surface area contributed by atoms with Gasteiger partial charge in [-0.25, -0.2) is 14.8 Å². The number of nitrogen functional groups attached to an aromatic ring is 1. The fourth-order valence-electron chi connectivity index (χ4n) is 3.09. The maximum absolute atomic E-state index is 12.3. The third kappa shape index (κ3) is 3.73. The number of aromatic amines is 1. The van der Waals surface area contributed by atoms with Gasteiger partial charge in [0, 0.05) is 18.6 Å². The van der Waals surface area contributed by atoms with Crippen LogP contribution in [-0.4, -0.2) is 34.5 Å². The first-order valence-electron chi connectivity index (χ1n) is 9.01. The van der Waals surface area contributed by atoms with Crippen LogP contribution in [0.5, 0.6) is 0 Å². The molecule has 0 saturated carbocycles. The second-order valence-electron chi connectivity index (χ2n) is 6.58. The van der Waals surface area contributed by atoms with Gasteiger partial charge < -0.3 is 10.7 Å². The van der Waals surface area contributed by atoms with Gasteiger partial charge in [0.15, 0.2) is 11.5 Å². The lowest BCUT2D eigenvalue weighted by Gasteiger charge is -2.05. The van der Waals surface area contributed by atoms with Crippen molar-refractivity contribution in [3.8, 4) is 0 Å². The Balaban J connectivity index is 1.46. The van der Waals surface area contributed by atoms with Crippen LogP contribution in [0.1, 0.15) is 29.2 Å². The van der Waals surface area contributed by atoms with Gasteiger partial charge in [0.2, 0.25) is 0 Å². The molecule has 0 aliphatic heterocycles. The third-order valence-electron chi connectivity index (χ3n) is 4.49. The van der Waals surface area contributed by atoms with Gasteiger partial charge in [0.05, 0.1) is 24.1 Å². The second-order valence-corrected chi connectivity index (χ2v) is 6.58. The lowest BCUT2D eigenvalue weighted by atomic mass is 10.1. The maximum Gasteiger partial charge on any atom is 0.328 e. The molecule has 4 aromatic rings. The molecule has 0 saturated heterocycles. The monoisotopic (exact) mass is 376 g/mol. The Labute approximate surface area is 160 Å². The highest BCUT2D eigenvalue weighted by molar-refractivity contribution is 5.81. The Bertz CT molecular complexity index is 1150. The summed E-state index contributed by atoms with van der Waals surface area (Å²) in [5.74, 6) is 0.766. The summed E-state index contributed by atoms with van der Waals surface area (Å²) in [5, 5.41) is 0. The molecule has 0 aliphatic carbocycles. The Morgan fingerprint density at radius 1 is 1.07 bits per heavy atom. The Morgan fingerprint density at radius 2 is 1.82 bits per heavy atom. The number of hydrogen-bond acceptors (Lipinski definition) is 7. The largest absolute Gasteiger partial charge is 0.382 e. The van der Waals surface area contributed by atoms with E-state index in [9.17, 15) is 4.79 Å². The fourth-order valence-corrected chi connectivity index (χ4v) is 3.09. The number of nitrogens with two attached hydrogens (primary N) is 1. The lowest BCUT2D eigenvalue weighted by molar-refractivity contribution is 0.737. The van der Waals surface area contributed by atoms with E-state index in [-0.39, 0.29) is 18.1 Å². The van der Waals surface area contributed by atoms with Crippen molar-refractivity contribution in [1.82, 2.24) is 34.5 Å². The van der Waals surface area contributed by atoms with E-state index >= 15 is 0 Å². The normalized spacial score (nSPS) is 11.2. The molecule has 3 N–H and O–H groups in total. The number of fused-ring (bicyclic) bond motifs is 1. The zero-order chi connectivity index (χ0) is 19.5. The molecule has 0 spiro atoms. The van der Waals surface area contributed by atoms with E-state index in [2.05, 4.69) is 29.9 Å². The summed E-state index contributed by atoms with van der Waals surface area (Å²) < 4.78 is 1.49. The topological polar surface area (TPSA) is 128 Å². The first-order valence-corrected chi connectivity index (χ1v) is 9.01. The molecule has 0 atom stereocenters. The predicted molar refractivity (Wildman–Crippen MR) is 105 cm³/mol. The molecule has 142 valence electrons. The fraction of sp³-hybridized carbons (Fsp3) is 0.263. The predicted octanol–water partition coefficient (Wildman–Crippen LogP) is 1.42. The van der Waals surface area contributed by atoms with Crippen LogP contribution in [0, 0.1) is 6.92 Å². The second kappa shape index (κ2) is 7.55. The average Bonchev–Trinajstić information content (AvgIpc) is 3.00. The summed E-state index contributed by atoms with van der Waals surface area (Å²) in [6, 6.07) is 4.04. The average molecular weight is 376 g/mol. The van der Waals surface area contributed by atoms with Crippen LogP contribution in [0.3, 0.4) is 0 Å². The number of imidazole rings is 1. The summed E-state index contributed by atoms with van der Waals surface area (Å²) in [7, 11) is 0. The summed E-state index contributed by atoms with van der Waals surface area (Å²) in [4.78, 5) is 36.3. The van der Waals surface area contributed by atoms with Crippen molar-refractivity contribution >= 4 is 17.0 Å². The highest BCUT2D eigenvalue weighted by atomic mass is 16.1. The number of aromatic nitrogens is 7. The van der Waals surface area contributed by atoms with E-state index in [0.29, 0.717) is 22.7 Å². The highest BCUT2D eigenvalue weighted by Crippen LogP contribution is 2.14. The minimum Gasteiger partial charge on any atom is -0.382 e. The molecule has 0 amide bonds. The molecule has 0 bridgehead atoms. The first-order chi connectivity index (χ1) is 13.6. The number of rotatable bonds is 6. The third-order valence-corrected chi connectivity index (χ3v) is 4.49. The van der Waals surface area contributed by atoms with Crippen molar-refractivity contribution in [1.29, 1.82) is 0 Å². The van der Waals surface area contributed by atoms with Crippen LogP contribution in [0.2, 0.25) is 0 Å². The number of H-pyrrole nitrogens is 1. The molecule has 0 aromatic carbocycles. The number of nitrogens with one attached hydrogen (secondary N) is 1. The van der Waals surface area contributed by atoms with Crippen LogP contribution in [0.25, 0.3) is 11.2 Å². The van der Waals surface area contributed by atoms with E-state index in [1.54, 1.807) is 31.7 Å². The quantitative estimate of drug-likeness (QED) is 0.521. The van der Waals surface area contributed by atoms with Crippen molar-refractivity contribution in [2.75, 3.05) is 5.73 Å². The summed E-state index contributed by atoms with van der Waals surface area (Å²) in [6.45, 7) is 2.00. The standard InChI is InChI=1S/C19H20N8O/c1-12-24-17(20)16-18(25-12)27(19(28)26-16)11-15-10-22-14(9-23-15)4-2-3-13-5-7-21-8-6-13/h5-10H,2-4,11H2,1H3,(H,26,28)(H2,20,24,25). The van der Waals surface area contributed by atoms with Gasteiger partial charge in [0.25, 0.3) is 0 Å². The van der Waals surface area contributed by atoms with Gasteiger partial charge in [-0.15, -0.1) is 0 Å². The van der Waals surface area contributed by atoms with Gasteiger partial charge in [-0.1, -0.05) is 0 Å². The molecule has 9 heteroatoms. The van der Waals surface area contributed by atoms with Gasteiger partial charge in [-0.3, -0.25) is 19.5 Å². The van der Waals surface area contributed by atoms with Crippen LogP contribution in [-0.2, 0) is 19.4 Å². The zero-order valence-corrected chi connectivity index (χ0v) is 15.5. The molecule has 9 nitrogen and oxygen atoms in total. The van der Waals surface area contributed by atoms with Crippen LogP contribution in [0.15, 0.2) is 41.7 Å². The lowest BCUT2D eigenvalue weighted by Crippen LogP contribution is -2.18. The molecule has 0 aliphatic rings. The SMILES string of the molecule is Cc1nc(N)c2[nH]c(=O)n(Cc3cnc(CCCc4ccncc4)cn3)c2n1. The maximum atomic E-state index is 12.3. The van der Waals surface area contributed by atoms with E-state index in [1.807, 2.05) is 12.1 Å². The molecule has 0 radical (unpaired) electrons. The van der Waals surface area contributed by atoms with Gasteiger partial charge >= 0.3 is 5.69 Å². The van der Waals surface area contributed by atoms with Crippen LogP contribution >= 0.6 is 0 Å². The smallest absolute Gasteiger partial charge is 0.328 e. The van der Waals surface area contributed by atoms with E-state index < -0.39 is 0 Å². The van der Waals surface area contributed by atoms with Gasteiger partial charge in [-0.05, 0) is 43.9 Å². The molecular weight excluding hydrogens is 356 g/mol. The summed E-state index contributed by atoms with van der Waals surface area (Å²) in [5.41, 5.74) is 9.34. The highest BCUT2D eigenvalue weighted by Gasteiger charge is 2.13. The van der Waals surface area contributed by atoms with E-state index in [4.69, 9.17) is 5.73 Å². The molecule has 4 heterocycles. The van der Waals surface area contributed by atoms with Crippen LogP contribution in [0.4, 0.5) is 5.82 Å². The van der Waals surface area contributed by atoms with Crippen molar-refractivity contribution < 1.29 is 0 Å². The van der Waals surface area contributed by atoms with Gasteiger partial charge in [0.1, 0.15) is 11.3 Å². The Kier molecular flexibility index (Phi) is 4.79. The minimum absolute atomic E-state index is 0.258. The number of aryl methyl sites for hydroxylation is 3. The number of hydrogen-bond donors (Lipinski definition) is 2. The Hall–Kier alpha value is -3.62. The molecule has 4 rings (SSSR count). The molecule has 0 unspecified atom stereocenters. The van der Waals surface area contributed by atoms with E-state index in [0.717, 1.165) is 25.0 Å². The first kappa shape index (κ1) is 17.8.